The Morgan fingerprint density at radius 2 is 1.61 bits per heavy atom. The van der Waals surface area contributed by atoms with Gasteiger partial charge in [0.25, 0.3) is 0 Å². The summed E-state index contributed by atoms with van der Waals surface area (Å²) in [5.74, 6) is 0.268. The molecule has 1 aliphatic heterocycles. The predicted molar refractivity (Wildman–Crippen MR) is 158 cm³/mol. The summed E-state index contributed by atoms with van der Waals surface area (Å²) in [5.41, 5.74) is 9.62. The summed E-state index contributed by atoms with van der Waals surface area (Å²) < 4.78 is 2.31. The third-order valence-corrected chi connectivity index (χ3v) is 8.64. The summed E-state index contributed by atoms with van der Waals surface area (Å²) in [5, 5.41) is 3.55. The number of rotatable bonds is 3. The van der Waals surface area contributed by atoms with Crippen LogP contribution in [0.5, 0.6) is 0 Å². The summed E-state index contributed by atoms with van der Waals surface area (Å²) in [7, 11) is 0. The number of amides is 1. The van der Waals surface area contributed by atoms with E-state index in [0.29, 0.717) is 12.5 Å². The van der Waals surface area contributed by atoms with Crippen molar-refractivity contribution in [1.29, 1.82) is 0 Å². The molecule has 3 nitrogen and oxygen atoms in total. The molecule has 1 saturated heterocycles. The summed E-state index contributed by atoms with van der Waals surface area (Å²) in [6, 6.07) is 13.9. The second-order valence-corrected chi connectivity index (χ2v) is 12.8. The molecule has 5 heteroatoms. The molecule has 1 amide bonds. The summed E-state index contributed by atoms with van der Waals surface area (Å²) >= 11 is 7.09. The van der Waals surface area contributed by atoms with E-state index in [9.17, 15) is 4.79 Å². The second-order valence-electron chi connectivity index (χ2n) is 11.0. The van der Waals surface area contributed by atoms with Crippen LogP contribution in [0, 0.1) is 0 Å². The Bertz CT molecular complexity index is 1230. The number of nitrogens with zero attached hydrogens (tertiary/aromatic N) is 1. The highest BCUT2D eigenvalue weighted by Gasteiger charge is 2.44. The highest BCUT2D eigenvalue weighted by molar-refractivity contribution is 9.10. The van der Waals surface area contributed by atoms with Crippen molar-refractivity contribution in [3.63, 3.8) is 0 Å². The van der Waals surface area contributed by atoms with Crippen LogP contribution < -0.4 is 5.32 Å². The van der Waals surface area contributed by atoms with Crippen LogP contribution in [0.4, 0.5) is 0 Å². The van der Waals surface area contributed by atoms with Gasteiger partial charge in [-0.1, -0.05) is 50.1 Å². The first-order valence-corrected chi connectivity index (χ1v) is 14.7. The van der Waals surface area contributed by atoms with Gasteiger partial charge in [-0.2, -0.15) is 0 Å². The predicted octanol–water partition coefficient (Wildman–Crippen LogP) is 8.30. The van der Waals surface area contributed by atoms with Crippen LogP contribution in [0.2, 0.25) is 0 Å². The SMILES string of the molecule is CC(C)N1C(=O)CCC2(C)C1=CCc1cc(Br)ccc12.CC1=C(NC(C)C)CCc2cc(Br)ccc21. The maximum absolute atomic E-state index is 12.3. The first-order valence-electron chi connectivity index (χ1n) is 13.1. The minimum Gasteiger partial charge on any atom is -0.386 e. The van der Waals surface area contributed by atoms with Gasteiger partial charge in [-0.25, -0.2) is 0 Å². The number of likely N-dealkylation sites (tertiary alicyclic amines) is 1. The maximum atomic E-state index is 12.3. The van der Waals surface area contributed by atoms with E-state index in [-0.39, 0.29) is 17.4 Å². The van der Waals surface area contributed by atoms with Crippen molar-refractivity contribution in [3.8, 4) is 0 Å². The van der Waals surface area contributed by atoms with Crippen molar-refractivity contribution in [2.75, 3.05) is 0 Å². The van der Waals surface area contributed by atoms with E-state index >= 15 is 0 Å². The molecule has 0 aromatic heterocycles. The number of hydrogen-bond donors (Lipinski definition) is 1. The van der Waals surface area contributed by atoms with Crippen LogP contribution in [0.15, 0.2) is 62.8 Å². The highest BCUT2D eigenvalue weighted by Crippen LogP contribution is 2.47. The molecule has 1 fully saturated rings. The zero-order valence-electron chi connectivity index (χ0n) is 22.3. The maximum Gasteiger partial charge on any atom is 0.227 e. The van der Waals surface area contributed by atoms with Crippen molar-refractivity contribution in [3.05, 3.63) is 85.1 Å². The lowest BCUT2D eigenvalue weighted by molar-refractivity contribution is -0.133. The quantitative estimate of drug-likeness (QED) is 0.378. The van der Waals surface area contributed by atoms with E-state index in [0.717, 1.165) is 30.2 Å². The fraction of sp³-hybridized carbons (Fsp3) is 0.452. The third kappa shape index (κ3) is 5.38. The number of halogens is 2. The van der Waals surface area contributed by atoms with Gasteiger partial charge in [0.15, 0.2) is 0 Å². The minimum absolute atomic E-state index is 0.0214. The Morgan fingerprint density at radius 3 is 2.28 bits per heavy atom. The van der Waals surface area contributed by atoms with Gasteiger partial charge in [0.05, 0.1) is 0 Å². The van der Waals surface area contributed by atoms with Crippen LogP contribution in [-0.2, 0) is 23.1 Å². The lowest BCUT2D eigenvalue weighted by atomic mass is 9.68. The number of allylic oxidation sites excluding steroid dienone is 4. The monoisotopic (exact) mass is 612 g/mol. The van der Waals surface area contributed by atoms with Gasteiger partial charge in [0.2, 0.25) is 5.91 Å². The Hall–Kier alpha value is -1.85. The van der Waals surface area contributed by atoms with Crippen LogP contribution in [0.25, 0.3) is 5.57 Å². The molecule has 2 aromatic carbocycles. The Morgan fingerprint density at radius 1 is 0.944 bits per heavy atom. The fourth-order valence-corrected chi connectivity index (χ4v) is 6.73. The van der Waals surface area contributed by atoms with E-state index < -0.39 is 0 Å². The van der Waals surface area contributed by atoms with Gasteiger partial charge in [0, 0.05) is 44.3 Å². The number of hydrogen-bond acceptors (Lipinski definition) is 2. The lowest BCUT2D eigenvalue weighted by Crippen LogP contribution is -2.49. The number of carbonyl (C=O) groups excluding carboxylic acids is 1. The van der Waals surface area contributed by atoms with Crippen molar-refractivity contribution in [2.45, 2.75) is 91.1 Å². The second kappa shape index (κ2) is 10.9. The standard InChI is InChI=1S/C17H20BrNO.C14H18BrN/c1-11(2)19-15-7-4-12-10-13(18)5-6-14(12)17(15,3)9-8-16(19)20;1-9(2)16-14-7-4-11-8-12(15)5-6-13(11)10(14)3/h5-7,10-11H,4,8-9H2,1-3H3;5-6,8-9,16H,4,7H2,1-3H3. The Kier molecular flexibility index (Phi) is 8.21. The van der Waals surface area contributed by atoms with Crippen molar-refractivity contribution in [1.82, 2.24) is 10.2 Å². The van der Waals surface area contributed by atoms with Crippen LogP contribution >= 0.6 is 31.9 Å². The number of nitrogens with one attached hydrogen (secondary N) is 1. The fourth-order valence-electron chi connectivity index (χ4n) is 5.92. The average Bonchev–Trinajstić information content (AvgIpc) is 2.81. The molecule has 1 heterocycles. The zero-order valence-corrected chi connectivity index (χ0v) is 25.5. The topological polar surface area (TPSA) is 32.3 Å². The largest absolute Gasteiger partial charge is 0.386 e. The van der Waals surface area contributed by atoms with Gasteiger partial charge < -0.3 is 10.2 Å². The number of aryl methyl sites for hydroxylation is 1. The number of fused-ring (bicyclic) bond motifs is 4. The number of benzene rings is 2. The average molecular weight is 614 g/mol. The summed E-state index contributed by atoms with van der Waals surface area (Å²) in [6.07, 6.45) is 6.99. The Labute approximate surface area is 233 Å². The molecule has 1 atom stereocenters. The van der Waals surface area contributed by atoms with Crippen molar-refractivity contribution < 1.29 is 4.79 Å². The molecule has 192 valence electrons. The molecule has 36 heavy (non-hydrogen) atoms. The Balaban J connectivity index is 0.000000174. The molecule has 1 N–H and O–H groups in total. The summed E-state index contributed by atoms with van der Waals surface area (Å²) in [4.78, 5) is 14.3. The van der Waals surface area contributed by atoms with Crippen LogP contribution in [-0.4, -0.2) is 22.9 Å². The van der Waals surface area contributed by atoms with Crippen molar-refractivity contribution in [2.24, 2.45) is 0 Å². The highest BCUT2D eigenvalue weighted by atomic mass is 79.9. The molecule has 0 radical (unpaired) electrons. The van der Waals surface area contributed by atoms with E-state index in [1.165, 1.54) is 43.7 Å². The molecule has 2 aliphatic carbocycles. The van der Waals surface area contributed by atoms with E-state index in [2.05, 4.69) is 121 Å². The van der Waals surface area contributed by atoms with Crippen LogP contribution in [0.1, 0.15) is 83.1 Å². The molecule has 0 spiro atoms. The zero-order chi connectivity index (χ0) is 26.2. The number of carbonyl (C=O) groups is 1. The molecule has 0 saturated carbocycles. The molecule has 2 aromatic rings. The third-order valence-electron chi connectivity index (χ3n) is 7.66. The normalized spacial score (nSPS) is 20.9. The van der Waals surface area contributed by atoms with E-state index in [1.807, 2.05) is 4.90 Å². The van der Waals surface area contributed by atoms with Crippen LogP contribution in [0.3, 0.4) is 0 Å². The smallest absolute Gasteiger partial charge is 0.227 e. The van der Waals surface area contributed by atoms with E-state index in [1.54, 1.807) is 0 Å². The minimum atomic E-state index is -0.0214. The molecule has 0 bridgehead atoms. The van der Waals surface area contributed by atoms with E-state index in [4.69, 9.17) is 0 Å². The molecular formula is C31H38Br2N2O. The summed E-state index contributed by atoms with van der Waals surface area (Å²) in [6.45, 7) is 13.1. The van der Waals surface area contributed by atoms with Crippen molar-refractivity contribution >= 4 is 43.3 Å². The molecule has 5 rings (SSSR count). The van der Waals surface area contributed by atoms with Gasteiger partial charge in [0.1, 0.15) is 0 Å². The molecular weight excluding hydrogens is 576 g/mol. The number of piperidine rings is 1. The van der Waals surface area contributed by atoms with Gasteiger partial charge >= 0.3 is 0 Å². The van der Waals surface area contributed by atoms with Gasteiger partial charge in [-0.05, 0) is 119 Å². The first-order chi connectivity index (χ1) is 17.0. The lowest BCUT2D eigenvalue weighted by Gasteiger charge is -2.47. The molecule has 1 unspecified atom stereocenters. The molecule has 3 aliphatic rings. The van der Waals surface area contributed by atoms with Gasteiger partial charge in [-0.15, -0.1) is 0 Å². The van der Waals surface area contributed by atoms with Gasteiger partial charge in [-0.3, -0.25) is 4.79 Å². The first kappa shape index (κ1) is 27.2.